The summed E-state index contributed by atoms with van der Waals surface area (Å²) < 4.78 is 0. The lowest BCUT2D eigenvalue weighted by Crippen LogP contribution is -2.26. The second-order valence-electron chi connectivity index (χ2n) is 6.57. The predicted molar refractivity (Wildman–Crippen MR) is 83.8 cm³/mol. The normalized spacial score (nSPS) is 29.8. The van der Waals surface area contributed by atoms with Crippen molar-refractivity contribution in [2.24, 2.45) is 17.8 Å². The van der Waals surface area contributed by atoms with E-state index in [1.807, 2.05) is 6.20 Å². The number of aromatic nitrogens is 1. The van der Waals surface area contributed by atoms with Crippen molar-refractivity contribution in [3.63, 3.8) is 0 Å². The molecule has 4 unspecified atom stereocenters. The zero-order valence-corrected chi connectivity index (χ0v) is 13.1. The van der Waals surface area contributed by atoms with E-state index in [0.717, 1.165) is 35.7 Å². The van der Waals surface area contributed by atoms with Gasteiger partial charge in [-0.15, -0.1) is 0 Å². The summed E-state index contributed by atoms with van der Waals surface area (Å²) in [5, 5.41) is 4.51. The Morgan fingerprint density at radius 1 is 1.40 bits per heavy atom. The fourth-order valence-corrected chi connectivity index (χ4v) is 4.53. The van der Waals surface area contributed by atoms with Crippen LogP contribution in [0.15, 0.2) is 18.5 Å². The summed E-state index contributed by atoms with van der Waals surface area (Å²) in [6.45, 7) is 3.28. The molecule has 0 aromatic carbocycles. The first-order valence-electron chi connectivity index (χ1n) is 8.10. The Labute approximate surface area is 127 Å². The van der Waals surface area contributed by atoms with Gasteiger partial charge in [-0.1, -0.05) is 24.9 Å². The zero-order valence-electron chi connectivity index (χ0n) is 12.3. The van der Waals surface area contributed by atoms with Crippen LogP contribution >= 0.6 is 11.6 Å². The highest BCUT2D eigenvalue weighted by Crippen LogP contribution is 2.51. The molecule has 3 rings (SSSR count). The van der Waals surface area contributed by atoms with Crippen LogP contribution in [0.5, 0.6) is 0 Å². The number of nitrogens with zero attached hydrogens (tertiary/aromatic N) is 1. The average Bonchev–Trinajstić information content (AvgIpc) is 3.06. The summed E-state index contributed by atoms with van der Waals surface area (Å²) >= 11 is 6.36. The van der Waals surface area contributed by atoms with Gasteiger partial charge >= 0.3 is 0 Å². The summed E-state index contributed by atoms with van der Waals surface area (Å²) in [6.07, 6.45) is 11.9. The van der Waals surface area contributed by atoms with Crippen LogP contribution in [0.3, 0.4) is 0 Å². The third-order valence-electron chi connectivity index (χ3n) is 5.24. The maximum atomic E-state index is 6.36. The van der Waals surface area contributed by atoms with Gasteiger partial charge in [-0.3, -0.25) is 4.98 Å². The van der Waals surface area contributed by atoms with Crippen LogP contribution in [0.25, 0.3) is 0 Å². The molecule has 1 N–H and O–H groups in total. The SMILES string of the molecule is CCCNC(CC1CC2CCC1C2)c1ccncc1Cl. The van der Waals surface area contributed by atoms with Crippen molar-refractivity contribution in [3.8, 4) is 0 Å². The fraction of sp³-hybridized carbons (Fsp3) is 0.706. The lowest BCUT2D eigenvalue weighted by Gasteiger charge is -2.28. The van der Waals surface area contributed by atoms with Crippen molar-refractivity contribution < 1.29 is 0 Å². The van der Waals surface area contributed by atoms with E-state index in [0.29, 0.717) is 6.04 Å². The fourth-order valence-electron chi connectivity index (χ4n) is 4.28. The van der Waals surface area contributed by atoms with Gasteiger partial charge in [0, 0.05) is 18.4 Å². The molecule has 3 heteroatoms. The number of pyridine rings is 1. The van der Waals surface area contributed by atoms with Gasteiger partial charge in [0.2, 0.25) is 0 Å². The Bertz CT molecular complexity index is 448. The third kappa shape index (κ3) is 3.01. The molecule has 20 heavy (non-hydrogen) atoms. The molecule has 1 heterocycles. The molecule has 2 aliphatic rings. The van der Waals surface area contributed by atoms with Crippen LogP contribution in [-0.2, 0) is 0 Å². The predicted octanol–water partition coefficient (Wildman–Crippen LogP) is 4.60. The topological polar surface area (TPSA) is 24.9 Å². The molecule has 2 saturated carbocycles. The molecule has 1 aromatic heterocycles. The second kappa shape index (κ2) is 6.44. The molecule has 1 aromatic rings. The summed E-state index contributed by atoms with van der Waals surface area (Å²) in [5.41, 5.74) is 1.23. The van der Waals surface area contributed by atoms with E-state index < -0.39 is 0 Å². The first-order valence-corrected chi connectivity index (χ1v) is 8.48. The number of nitrogens with one attached hydrogen (secondary N) is 1. The Kier molecular flexibility index (Phi) is 4.62. The van der Waals surface area contributed by atoms with Gasteiger partial charge in [-0.25, -0.2) is 0 Å². The Balaban J connectivity index is 1.71. The van der Waals surface area contributed by atoms with Crippen molar-refractivity contribution in [3.05, 3.63) is 29.0 Å². The number of rotatable bonds is 6. The molecule has 0 aliphatic heterocycles. The highest BCUT2D eigenvalue weighted by Gasteiger charge is 2.40. The molecule has 0 amide bonds. The number of halogens is 1. The van der Waals surface area contributed by atoms with E-state index in [1.54, 1.807) is 6.20 Å². The molecule has 2 aliphatic carbocycles. The van der Waals surface area contributed by atoms with Crippen molar-refractivity contribution in [2.75, 3.05) is 6.54 Å². The maximum Gasteiger partial charge on any atom is 0.0637 e. The second-order valence-corrected chi connectivity index (χ2v) is 6.98. The molecule has 0 radical (unpaired) electrons. The molecular formula is C17H25ClN2. The highest BCUT2D eigenvalue weighted by atomic mass is 35.5. The standard InChI is InChI=1S/C17H25ClN2/c1-2-6-20-17(15-5-7-19-11-16(15)18)10-14-9-12-3-4-13(14)8-12/h5,7,11-14,17,20H,2-4,6,8-10H2,1H3. The minimum absolute atomic E-state index is 0.398. The molecular weight excluding hydrogens is 268 g/mol. The van der Waals surface area contributed by atoms with Gasteiger partial charge in [-0.05, 0) is 68.0 Å². The molecule has 2 bridgehead atoms. The maximum absolute atomic E-state index is 6.36. The minimum Gasteiger partial charge on any atom is -0.310 e. The van der Waals surface area contributed by atoms with Crippen LogP contribution in [0.1, 0.15) is 57.1 Å². The van der Waals surface area contributed by atoms with E-state index in [4.69, 9.17) is 11.6 Å². The molecule has 4 atom stereocenters. The molecule has 110 valence electrons. The average molecular weight is 293 g/mol. The van der Waals surface area contributed by atoms with E-state index >= 15 is 0 Å². The lowest BCUT2D eigenvalue weighted by molar-refractivity contribution is 0.279. The van der Waals surface area contributed by atoms with E-state index in [2.05, 4.69) is 23.3 Å². The van der Waals surface area contributed by atoms with Crippen LogP contribution in [0.2, 0.25) is 5.02 Å². The third-order valence-corrected chi connectivity index (χ3v) is 5.56. The van der Waals surface area contributed by atoms with Crippen molar-refractivity contribution in [2.45, 2.75) is 51.5 Å². The van der Waals surface area contributed by atoms with Gasteiger partial charge in [0.15, 0.2) is 0 Å². The first kappa shape index (κ1) is 14.3. The van der Waals surface area contributed by atoms with Gasteiger partial charge in [0.1, 0.15) is 0 Å². The van der Waals surface area contributed by atoms with Crippen LogP contribution < -0.4 is 5.32 Å². The highest BCUT2D eigenvalue weighted by molar-refractivity contribution is 6.31. The van der Waals surface area contributed by atoms with Gasteiger partial charge in [0.25, 0.3) is 0 Å². The largest absolute Gasteiger partial charge is 0.310 e. The number of hydrogen-bond acceptors (Lipinski definition) is 2. The monoisotopic (exact) mass is 292 g/mol. The molecule has 2 fully saturated rings. The van der Waals surface area contributed by atoms with Gasteiger partial charge < -0.3 is 5.32 Å². The minimum atomic E-state index is 0.398. The Morgan fingerprint density at radius 2 is 2.30 bits per heavy atom. The smallest absolute Gasteiger partial charge is 0.0637 e. The Morgan fingerprint density at radius 3 is 2.95 bits per heavy atom. The summed E-state index contributed by atoms with van der Waals surface area (Å²) in [7, 11) is 0. The summed E-state index contributed by atoms with van der Waals surface area (Å²) in [4.78, 5) is 4.12. The Hall–Kier alpha value is -0.600. The van der Waals surface area contributed by atoms with Crippen LogP contribution in [-0.4, -0.2) is 11.5 Å². The summed E-state index contributed by atoms with van der Waals surface area (Å²) in [5.74, 6) is 2.89. The van der Waals surface area contributed by atoms with Crippen molar-refractivity contribution in [1.82, 2.24) is 10.3 Å². The van der Waals surface area contributed by atoms with Gasteiger partial charge in [0.05, 0.1) is 5.02 Å². The summed E-state index contributed by atoms with van der Waals surface area (Å²) in [6, 6.07) is 2.48. The van der Waals surface area contributed by atoms with Gasteiger partial charge in [-0.2, -0.15) is 0 Å². The number of hydrogen-bond donors (Lipinski definition) is 1. The lowest BCUT2D eigenvalue weighted by atomic mass is 9.83. The zero-order chi connectivity index (χ0) is 13.9. The van der Waals surface area contributed by atoms with Crippen LogP contribution in [0, 0.1) is 17.8 Å². The van der Waals surface area contributed by atoms with E-state index in [9.17, 15) is 0 Å². The van der Waals surface area contributed by atoms with E-state index in [1.165, 1.54) is 37.7 Å². The molecule has 0 saturated heterocycles. The number of fused-ring (bicyclic) bond motifs is 2. The quantitative estimate of drug-likeness (QED) is 0.829. The molecule has 2 nitrogen and oxygen atoms in total. The van der Waals surface area contributed by atoms with Crippen LogP contribution in [0.4, 0.5) is 0 Å². The van der Waals surface area contributed by atoms with Crippen molar-refractivity contribution in [1.29, 1.82) is 0 Å². The van der Waals surface area contributed by atoms with E-state index in [-0.39, 0.29) is 0 Å². The van der Waals surface area contributed by atoms with Crippen molar-refractivity contribution >= 4 is 11.6 Å². The molecule has 0 spiro atoms. The first-order chi connectivity index (χ1) is 9.78.